The van der Waals surface area contributed by atoms with E-state index in [2.05, 4.69) is 5.32 Å². The predicted molar refractivity (Wildman–Crippen MR) is 76.6 cm³/mol. The molecule has 5 heteroatoms. The van der Waals surface area contributed by atoms with Gasteiger partial charge in [-0.1, -0.05) is 12.1 Å². The highest BCUT2D eigenvalue weighted by Crippen LogP contribution is 2.16. The van der Waals surface area contributed by atoms with E-state index in [4.69, 9.17) is 4.74 Å². The number of aryl methyl sites for hydroxylation is 2. The van der Waals surface area contributed by atoms with Crippen LogP contribution in [0.25, 0.3) is 0 Å². The van der Waals surface area contributed by atoms with Crippen LogP contribution < -0.4 is 5.32 Å². The van der Waals surface area contributed by atoms with Crippen LogP contribution in [-0.4, -0.2) is 43.0 Å². The zero-order valence-corrected chi connectivity index (χ0v) is 11.9. The molecule has 1 fully saturated rings. The molecule has 5 nitrogen and oxygen atoms in total. The summed E-state index contributed by atoms with van der Waals surface area (Å²) in [6, 6.07) is 5.85. The Morgan fingerprint density at radius 1 is 1.25 bits per heavy atom. The number of nitrogens with one attached hydrogen (secondary N) is 1. The van der Waals surface area contributed by atoms with Gasteiger partial charge in [-0.05, 0) is 31.0 Å². The molecule has 0 aromatic heterocycles. The van der Waals surface area contributed by atoms with Crippen molar-refractivity contribution in [2.24, 2.45) is 0 Å². The van der Waals surface area contributed by atoms with Crippen LogP contribution in [0.15, 0.2) is 18.2 Å². The van der Waals surface area contributed by atoms with Gasteiger partial charge in [0.2, 0.25) is 11.8 Å². The van der Waals surface area contributed by atoms with Gasteiger partial charge in [-0.15, -0.1) is 0 Å². The van der Waals surface area contributed by atoms with Crippen molar-refractivity contribution in [2.45, 2.75) is 20.3 Å². The van der Waals surface area contributed by atoms with Gasteiger partial charge in [0.15, 0.2) is 0 Å². The molecule has 2 amide bonds. The van der Waals surface area contributed by atoms with Crippen molar-refractivity contribution < 1.29 is 14.3 Å². The molecule has 1 N–H and O–H groups in total. The summed E-state index contributed by atoms with van der Waals surface area (Å²) in [6.07, 6.45) is -0.118. The van der Waals surface area contributed by atoms with Crippen molar-refractivity contribution >= 4 is 17.5 Å². The maximum atomic E-state index is 12.0. The smallest absolute Gasteiger partial charge is 0.233 e. The summed E-state index contributed by atoms with van der Waals surface area (Å²) in [5, 5.41) is 2.80. The Hall–Kier alpha value is -1.88. The van der Waals surface area contributed by atoms with Crippen LogP contribution in [0, 0.1) is 13.8 Å². The fraction of sp³-hybridized carbons (Fsp3) is 0.467. The second-order valence-electron chi connectivity index (χ2n) is 5.04. The van der Waals surface area contributed by atoms with Crippen molar-refractivity contribution in [3.8, 4) is 0 Å². The van der Waals surface area contributed by atoms with E-state index >= 15 is 0 Å². The Morgan fingerprint density at radius 2 is 1.95 bits per heavy atom. The quantitative estimate of drug-likeness (QED) is 0.851. The SMILES string of the molecule is Cc1ccc(C)c(NC(=O)CC(=O)N2CCOCC2)c1. The van der Waals surface area contributed by atoms with E-state index in [9.17, 15) is 9.59 Å². The van der Waals surface area contributed by atoms with Gasteiger partial charge >= 0.3 is 0 Å². The lowest BCUT2D eigenvalue weighted by Crippen LogP contribution is -2.42. The molecule has 108 valence electrons. The summed E-state index contributed by atoms with van der Waals surface area (Å²) in [5.41, 5.74) is 2.83. The van der Waals surface area contributed by atoms with Crippen LogP contribution in [-0.2, 0) is 14.3 Å². The van der Waals surface area contributed by atoms with Crippen LogP contribution >= 0.6 is 0 Å². The van der Waals surface area contributed by atoms with E-state index in [1.807, 2.05) is 32.0 Å². The van der Waals surface area contributed by atoms with Crippen LogP contribution in [0.4, 0.5) is 5.69 Å². The molecule has 0 radical (unpaired) electrons. The number of carbonyl (C=O) groups is 2. The van der Waals surface area contributed by atoms with Gasteiger partial charge in [-0.3, -0.25) is 9.59 Å². The third-order valence-corrected chi connectivity index (χ3v) is 3.34. The number of hydrogen-bond donors (Lipinski definition) is 1. The average molecular weight is 276 g/mol. The summed E-state index contributed by atoms with van der Waals surface area (Å²) in [4.78, 5) is 25.6. The van der Waals surface area contributed by atoms with Crippen molar-refractivity contribution in [3.05, 3.63) is 29.3 Å². The zero-order valence-electron chi connectivity index (χ0n) is 11.9. The molecule has 0 aliphatic carbocycles. The molecule has 20 heavy (non-hydrogen) atoms. The van der Waals surface area contributed by atoms with E-state index < -0.39 is 0 Å². The Morgan fingerprint density at radius 3 is 2.65 bits per heavy atom. The highest BCUT2D eigenvalue weighted by molar-refractivity contribution is 6.03. The number of hydrogen-bond acceptors (Lipinski definition) is 3. The molecule has 1 aromatic rings. The Balaban J connectivity index is 1.91. The van der Waals surface area contributed by atoms with Crippen molar-refractivity contribution in [2.75, 3.05) is 31.6 Å². The van der Waals surface area contributed by atoms with E-state index in [0.717, 1.165) is 16.8 Å². The molecule has 0 bridgehead atoms. The van der Waals surface area contributed by atoms with Crippen molar-refractivity contribution in [3.63, 3.8) is 0 Å². The van der Waals surface area contributed by atoms with E-state index in [1.54, 1.807) is 4.90 Å². The first-order valence-corrected chi connectivity index (χ1v) is 6.79. The summed E-state index contributed by atoms with van der Waals surface area (Å²) in [6.45, 7) is 6.12. The zero-order chi connectivity index (χ0) is 14.5. The molecular weight excluding hydrogens is 256 g/mol. The van der Waals surface area contributed by atoms with Gasteiger partial charge < -0.3 is 15.0 Å². The Kier molecular flexibility index (Phi) is 4.74. The third kappa shape index (κ3) is 3.81. The molecule has 2 rings (SSSR count). The first-order chi connectivity index (χ1) is 9.56. The lowest BCUT2D eigenvalue weighted by Gasteiger charge is -2.26. The van der Waals surface area contributed by atoms with E-state index in [0.29, 0.717) is 26.3 Å². The number of nitrogens with zero attached hydrogens (tertiary/aromatic N) is 1. The molecule has 1 aromatic carbocycles. The first-order valence-electron chi connectivity index (χ1n) is 6.79. The molecule has 1 aliphatic rings. The predicted octanol–water partition coefficient (Wildman–Crippen LogP) is 1.49. The second kappa shape index (κ2) is 6.52. The maximum absolute atomic E-state index is 12.0. The standard InChI is InChI=1S/C15H20N2O3/c1-11-3-4-12(2)13(9-11)16-14(18)10-15(19)17-5-7-20-8-6-17/h3-4,9H,5-8,10H2,1-2H3,(H,16,18). The molecule has 0 saturated carbocycles. The fourth-order valence-corrected chi connectivity index (χ4v) is 2.13. The number of amides is 2. The van der Waals surface area contributed by atoms with Crippen molar-refractivity contribution in [1.29, 1.82) is 0 Å². The molecule has 0 spiro atoms. The summed E-state index contributed by atoms with van der Waals surface area (Å²) in [5.74, 6) is -0.411. The summed E-state index contributed by atoms with van der Waals surface area (Å²) < 4.78 is 5.18. The molecule has 0 unspecified atom stereocenters. The molecular formula is C15H20N2O3. The van der Waals surface area contributed by atoms with Gasteiger partial charge in [-0.2, -0.15) is 0 Å². The fourth-order valence-electron chi connectivity index (χ4n) is 2.13. The molecule has 1 saturated heterocycles. The number of benzene rings is 1. The number of carbonyl (C=O) groups excluding carboxylic acids is 2. The van der Waals surface area contributed by atoms with Crippen LogP contribution in [0.3, 0.4) is 0 Å². The van der Waals surface area contributed by atoms with Crippen LogP contribution in [0.2, 0.25) is 0 Å². The largest absolute Gasteiger partial charge is 0.378 e. The normalized spacial score (nSPS) is 15.0. The second-order valence-corrected chi connectivity index (χ2v) is 5.04. The van der Waals surface area contributed by atoms with Gasteiger partial charge in [0.25, 0.3) is 0 Å². The highest BCUT2D eigenvalue weighted by atomic mass is 16.5. The van der Waals surface area contributed by atoms with Gasteiger partial charge in [-0.25, -0.2) is 0 Å². The average Bonchev–Trinajstić information content (AvgIpc) is 2.43. The number of ether oxygens (including phenoxy) is 1. The lowest BCUT2D eigenvalue weighted by atomic mass is 10.1. The molecule has 1 heterocycles. The summed E-state index contributed by atoms with van der Waals surface area (Å²) in [7, 11) is 0. The molecule has 0 atom stereocenters. The van der Waals surface area contributed by atoms with E-state index in [-0.39, 0.29) is 18.2 Å². The van der Waals surface area contributed by atoms with Gasteiger partial charge in [0.1, 0.15) is 6.42 Å². The Bertz CT molecular complexity index is 508. The number of anilines is 1. The first kappa shape index (κ1) is 14.5. The van der Waals surface area contributed by atoms with Crippen LogP contribution in [0.1, 0.15) is 17.5 Å². The topological polar surface area (TPSA) is 58.6 Å². The third-order valence-electron chi connectivity index (χ3n) is 3.34. The lowest BCUT2D eigenvalue weighted by molar-refractivity contribution is -0.138. The van der Waals surface area contributed by atoms with Gasteiger partial charge in [0, 0.05) is 18.8 Å². The van der Waals surface area contributed by atoms with Gasteiger partial charge in [0.05, 0.1) is 13.2 Å². The van der Waals surface area contributed by atoms with Crippen molar-refractivity contribution in [1.82, 2.24) is 4.90 Å². The highest BCUT2D eigenvalue weighted by Gasteiger charge is 2.19. The minimum Gasteiger partial charge on any atom is -0.378 e. The minimum absolute atomic E-state index is 0.118. The maximum Gasteiger partial charge on any atom is 0.233 e. The summed E-state index contributed by atoms with van der Waals surface area (Å²) >= 11 is 0. The Labute approximate surface area is 118 Å². The van der Waals surface area contributed by atoms with E-state index in [1.165, 1.54) is 0 Å². The van der Waals surface area contributed by atoms with Crippen LogP contribution in [0.5, 0.6) is 0 Å². The minimum atomic E-state index is -0.268. The number of morpholine rings is 1. The molecule has 1 aliphatic heterocycles. The number of rotatable bonds is 3. The monoisotopic (exact) mass is 276 g/mol.